The highest BCUT2D eigenvalue weighted by molar-refractivity contribution is 9.10. The minimum absolute atomic E-state index is 0.0307. The Labute approximate surface area is 162 Å². The van der Waals surface area contributed by atoms with Crippen LogP contribution in [0.15, 0.2) is 53.0 Å². The molecule has 2 aromatic rings. The molecule has 1 atom stereocenters. The Morgan fingerprint density at radius 1 is 1.19 bits per heavy atom. The summed E-state index contributed by atoms with van der Waals surface area (Å²) in [5, 5.41) is 2.97. The predicted molar refractivity (Wildman–Crippen MR) is 106 cm³/mol. The Hall–Kier alpha value is -2.14. The number of rotatable bonds is 6. The number of likely N-dealkylation sites (tertiary alicyclic amines) is 1. The largest absolute Gasteiger partial charge is 0.355 e. The maximum Gasteiger partial charge on any atom is 0.225 e. The molecule has 1 aliphatic rings. The van der Waals surface area contributed by atoms with E-state index in [2.05, 4.69) is 21.2 Å². The number of halogens is 1. The standard InChI is InChI=1S/C21H23BrN2O2/c1-15-6-8-16(9-7-15)13-24-14-18(12-20(24)25)21(26)23-11-10-17-4-2-3-5-19(17)22/h2-9,18H,10-14H2,1H3,(H,23,26). The Balaban J connectivity index is 1.49. The third-order valence-corrected chi connectivity index (χ3v) is 5.50. The molecule has 0 bridgehead atoms. The first-order valence-electron chi connectivity index (χ1n) is 8.87. The van der Waals surface area contributed by atoms with Crippen molar-refractivity contribution >= 4 is 27.7 Å². The van der Waals surface area contributed by atoms with E-state index in [4.69, 9.17) is 0 Å². The Morgan fingerprint density at radius 2 is 1.92 bits per heavy atom. The molecule has 5 heteroatoms. The maximum absolute atomic E-state index is 12.4. The Kier molecular flexibility index (Phi) is 6.09. The highest BCUT2D eigenvalue weighted by Gasteiger charge is 2.33. The van der Waals surface area contributed by atoms with Gasteiger partial charge in [-0.15, -0.1) is 0 Å². The van der Waals surface area contributed by atoms with Crippen LogP contribution in [0.1, 0.15) is 23.1 Å². The second-order valence-corrected chi connectivity index (χ2v) is 7.65. The van der Waals surface area contributed by atoms with Crippen molar-refractivity contribution in [2.45, 2.75) is 26.3 Å². The van der Waals surface area contributed by atoms with Gasteiger partial charge in [-0.1, -0.05) is 64.0 Å². The van der Waals surface area contributed by atoms with Crippen LogP contribution in [0.5, 0.6) is 0 Å². The molecule has 136 valence electrons. The van der Waals surface area contributed by atoms with E-state index in [0.29, 0.717) is 26.1 Å². The summed E-state index contributed by atoms with van der Waals surface area (Å²) in [5.41, 5.74) is 3.46. The van der Waals surface area contributed by atoms with E-state index in [9.17, 15) is 9.59 Å². The van der Waals surface area contributed by atoms with Gasteiger partial charge in [-0.2, -0.15) is 0 Å². The third-order valence-electron chi connectivity index (χ3n) is 4.73. The molecule has 1 unspecified atom stereocenters. The highest BCUT2D eigenvalue weighted by atomic mass is 79.9. The number of nitrogens with zero attached hydrogens (tertiary/aromatic N) is 1. The van der Waals surface area contributed by atoms with E-state index in [1.807, 2.05) is 55.5 Å². The molecule has 0 aromatic heterocycles. The van der Waals surface area contributed by atoms with Gasteiger partial charge in [-0.3, -0.25) is 9.59 Å². The number of amides is 2. The van der Waals surface area contributed by atoms with Crippen molar-refractivity contribution in [3.05, 3.63) is 69.7 Å². The van der Waals surface area contributed by atoms with E-state index in [1.165, 1.54) is 5.56 Å². The van der Waals surface area contributed by atoms with Crippen LogP contribution < -0.4 is 5.32 Å². The lowest BCUT2D eigenvalue weighted by molar-refractivity contribution is -0.129. The van der Waals surface area contributed by atoms with Crippen LogP contribution >= 0.6 is 15.9 Å². The van der Waals surface area contributed by atoms with Gasteiger partial charge in [0, 0.05) is 30.5 Å². The maximum atomic E-state index is 12.4. The zero-order valence-electron chi connectivity index (χ0n) is 14.9. The van der Waals surface area contributed by atoms with Gasteiger partial charge in [0.25, 0.3) is 0 Å². The molecule has 2 aromatic carbocycles. The molecule has 3 rings (SSSR count). The van der Waals surface area contributed by atoms with Crippen LogP contribution in [0.2, 0.25) is 0 Å². The molecule has 0 saturated carbocycles. The van der Waals surface area contributed by atoms with E-state index in [-0.39, 0.29) is 17.7 Å². The zero-order chi connectivity index (χ0) is 18.5. The number of hydrogen-bond acceptors (Lipinski definition) is 2. The fourth-order valence-corrected chi connectivity index (χ4v) is 3.66. The normalized spacial score (nSPS) is 16.8. The first kappa shape index (κ1) is 18.6. The minimum atomic E-state index is -0.257. The smallest absolute Gasteiger partial charge is 0.225 e. The fraction of sp³-hybridized carbons (Fsp3) is 0.333. The predicted octanol–water partition coefficient (Wildman–Crippen LogP) is 3.46. The molecule has 4 nitrogen and oxygen atoms in total. The van der Waals surface area contributed by atoms with Gasteiger partial charge < -0.3 is 10.2 Å². The van der Waals surface area contributed by atoms with Gasteiger partial charge in [0.2, 0.25) is 11.8 Å². The minimum Gasteiger partial charge on any atom is -0.355 e. The molecule has 1 aliphatic heterocycles. The second-order valence-electron chi connectivity index (χ2n) is 6.79. The summed E-state index contributed by atoms with van der Waals surface area (Å²) in [6.45, 7) is 3.68. The van der Waals surface area contributed by atoms with Gasteiger partial charge in [0.15, 0.2) is 0 Å². The number of carbonyl (C=O) groups is 2. The monoisotopic (exact) mass is 414 g/mol. The first-order valence-corrected chi connectivity index (χ1v) is 9.66. The van der Waals surface area contributed by atoms with Crippen LogP contribution in [-0.4, -0.2) is 29.8 Å². The summed E-state index contributed by atoms with van der Waals surface area (Å²) in [5.74, 6) is -0.236. The van der Waals surface area contributed by atoms with Crippen molar-refractivity contribution in [2.24, 2.45) is 5.92 Å². The fourth-order valence-electron chi connectivity index (χ4n) is 3.18. The van der Waals surface area contributed by atoms with Crippen LogP contribution in [0.3, 0.4) is 0 Å². The SMILES string of the molecule is Cc1ccc(CN2CC(C(=O)NCCc3ccccc3Br)CC2=O)cc1. The van der Waals surface area contributed by atoms with Gasteiger partial charge >= 0.3 is 0 Å². The second kappa shape index (κ2) is 8.49. The zero-order valence-corrected chi connectivity index (χ0v) is 16.5. The lowest BCUT2D eigenvalue weighted by Crippen LogP contribution is -2.34. The lowest BCUT2D eigenvalue weighted by Gasteiger charge is -2.17. The molecular weight excluding hydrogens is 392 g/mol. The molecule has 0 aliphatic carbocycles. The van der Waals surface area contributed by atoms with E-state index in [1.54, 1.807) is 4.90 Å². The molecule has 1 heterocycles. The molecule has 1 saturated heterocycles. The van der Waals surface area contributed by atoms with Crippen molar-refractivity contribution in [3.63, 3.8) is 0 Å². The average molecular weight is 415 g/mol. The number of aryl methyl sites for hydroxylation is 1. The van der Waals surface area contributed by atoms with Crippen LogP contribution in [0, 0.1) is 12.8 Å². The summed E-state index contributed by atoms with van der Waals surface area (Å²) in [7, 11) is 0. The molecule has 2 amide bonds. The Morgan fingerprint density at radius 3 is 2.65 bits per heavy atom. The topological polar surface area (TPSA) is 49.4 Å². The number of hydrogen-bond donors (Lipinski definition) is 1. The van der Waals surface area contributed by atoms with Crippen LogP contribution in [0.4, 0.5) is 0 Å². The highest BCUT2D eigenvalue weighted by Crippen LogP contribution is 2.21. The van der Waals surface area contributed by atoms with Gasteiger partial charge in [-0.25, -0.2) is 0 Å². The average Bonchev–Trinajstić information content (AvgIpc) is 2.99. The van der Waals surface area contributed by atoms with Crippen LogP contribution in [0.25, 0.3) is 0 Å². The van der Waals surface area contributed by atoms with E-state index >= 15 is 0 Å². The van der Waals surface area contributed by atoms with Crippen molar-refractivity contribution in [2.75, 3.05) is 13.1 Å². The lowest BCUT2D eigenvalue weighted by atomic mass is 10.1. The van der Waals surface area contributed by atoms with Crippen molar-refractivity contribution in [1.29, 1.82) is 0 Å². The van der Waals surface area contributed by atoms with Crippen molar-refractivity contribution < 1.29 is 9.59 Å². The molecular formula is C21H23BrN2O2. The van der Waals surface area contributed by atoms with Gasteiger partial charge in [0.05, 0.1) is 5.92 Å². The summed E-state index contributed by atoms with van der Waals surface area (Å²) < 4.78 is 1.05. The quantitative estimate of drug-likeness (QED) is 0.786. The number of carbonyl (C=O) groups excluding carboxylic acids is 2. The van der Waals surface area contributed by atoms with Crippen LogP contribution in [-0.2, 0) is 22.6 Å². The molecule has 1 fully saturated rings. The number of benzene rings is 2. The van der Waals surface area contributed by atoms with Gasteiger partial charge in [0.1, 0.15) is 0 Å². The molecule has 0 radical (unpaired) electrons. The summed E-state index contributed by atoms with van der Waals surface area (Å²) in [6.07, 6.45) is 1.06. The van der Waals surface area contributed by atoms with E-state index < -0.39 is 0 Å². The summed E-state index contributed by atoms with van der Waals surface area (Å²) in [6, 6.07) is 16.2. The van der Waals surface area contributed by atoms with Crippen molar-refractivity contribution in [3.8, 4) is 0 Å². The van der Waals surface area contributed by atoms with Crippen molar-refractivity contribution in [1.82, 2.24) is 10.2 Å². The summed E-state index contributed by atoms with van der Waals surface area (Å²) >= 11 is 3.52. The first-order chi connectivity index (χ1) is 12.5. The molecule has 0 spiro atoms. The van der Waals surface area contributed by atoms with Gasteiger partial charge in [-0.05, 0) is 30.5 Å². The Bertz CT molecular complexity index is 789. The molecule has 1 N–H and O–H groups in total. The van der Waals surface area contributed by atoms with E-state index in [0.717, 1.165) is 22.0 Å². The molecule has 26 heavy (non-hydrogen) atoms. The third kappa shape index (κ3) is 4.73. The number of nitrogens with one attached hydrogen (secondary N) is 1. The summed E-state index contributed by atoms with van der Waals surface area (Å²) in [4.78, 5) is 26.4.